The van der Waals surface area contributed by atoms with Crippen LogP contribution in [0.1, 0.15) is 60.6 Å². The summed E-state index contributed by atoms with van der Waals surface area (Å²) in [6, 6.07) is 6.92. The van der Waals surface area contributed by atoms with Gasteiger partial charge in [0, 0.05) is 12.1 Å². The number of hydrogen-bond donors (Lipinski definition) is 3. The van der Waals surface area contributed by atoms with Crippen LogP contribution >= 0.6 is 0 Å². The first kappa shape index (κ1) is 16.5. The molecule has 120 valence electrons. The molecule has 1 saturated carbocycles. The third kappa shape index (κ3) is 4.56. The molecule has 1 amide bonds. The van der Waals surface area contributed by atoms with E-state index in [0.29, 0.717) is 11.5 Å². The Balaban J connectivity index is 1.91. The van der Waals surface area contributed by atoms with E-state index in [1.807, 2.05) is 0 Å². The van der Waals surface area contributed by atoms with Crippen LogP contribution in [0.5, 0.6) is 0 Å². The summed E-state index contributed by atoms with van der Waals surface area (Å²) in [4.78, 5) is 22.3. The van der Waals surface area contributed by atoms with Gasteiger partial charge in [-0.1, -0.05) is 31.4 Å². The Morgan fingerprint density at radius 2 is 1.77 bits per heavy atom. The molecule has 1 atom stereocenters. The normalized spacial score (nSPS) is 17.0. The van der Waals surface area contributed by atoms with Crippen LogP contribution in [0.25, 0.3) is 0 Å². The Bertz CT molecular complexity index is 506. The summed E-state index contributed by atoms with van der Waals surface area (Å²) >= 11 is 0. The average molecular weight is 305 g/mol. The van der Waals surface area contributed by atoms with Crippen molar-refractivity contribution in [3.63, 3.8) is 0 Å². The minimum absolute atomic E-state index is 0.0930. The van der Waals surface area contributed by atoms with Gasteiger partial charge in [0.15, 0.2) is 0 Å². The quantitative estimate of drug-likeness (QED) is 0.753. The van der Waals surface area contributed by atoms with Crippen LogP contribution in [0.2, 0.25) is 0 Å². The fraction of sp³-hybridized carbons (Fsp3) is 0.529. The number of benzene rings is 1. The number of aliphatic carboxylic acids is 1. The maximum Gasteiger partial charge on any atom is 0.305 e. The van der Waals surface area contributed by atoms with E-state index in [9.17, 15) is 14.7 Å². The highest BCUT2D eigenvalue weighted by atomic mass is 16.4. The summed E-state index contributed by atoms with van der Waals surface area (Å²) in [7, 11) is 0. The molecule has 0 bridgehead atoms. The van der Waals surface area contributed by atoms with Gasteiger partial charge in [-0.05, 0) is 36.5 Å². The molecule has 22 heavy (non-hydrogen) atoms. The number of hydrogen-bond acceptors (Lipinski definition) is 3. The summed E-state index contributed by atoms with van der Waals surface area (Å²) < 4.78 is 0. The highest BCUT2D eigenvalue weighted by Gasteiger charge is 2.23. The van der Waals surface area contributed by atoms with Crippen molar-refractivity contribution in [1.82, 2.24) is 5.32 Å². The predicted molar refractivity (Wildman–Crippen MR) is 82.6 cm³/mol. The van der Waals surface area contributed by atoms with E-state index in [1.54, 1.807) is 24.3 Å². The molecule has 1 aliphatic rings. The minimum Gasteiger partial charge on any atom is -0.481 e. The Hall–Kier alpha value is -1.88. The zero-order valence-electron chi connectivity index (χ0n) is 12.6. The van der Waals surface area contributed by atoms with Crippen molar-refractivity contribution in [3.05, 3.63) is 35.4 Å². The molecule has 1 aliphatic carbocycles. The van der Waals surface area contributed by atoms with Gasteiger partial charge in [-0.2, -0.15) is 0 Å². The Kier molecular flexibility index (Phi) is 5.95. The predicted octanol–water partition coefficient (Wildman–Crippen LogP) is 2.50. The van der Waals surface area contributed by atoms with Crippen molar-refractivity contribution >= 4 is 11.9 Å². The van der Waals surface area contributed by atoms with Crippen molar-refractivity contribution in [2.45, 2.75) is 44.6 Å². The first-order valence-electron chi connectivity index (χ1n) is 7.86. The molecule has 0 saturated heterocycles. The van der Waals surface area contributed by atoms with Crippen LogP contribution in [0, 0.1) is 5.92 Å². The van der Waals surface area contributed by atoms with E-state index in [1.165, 1.54) is 19.3 Å². The lowest BCUT2D eigenvalue weighted by Crippen LogP contribution is -2.26. The van der Waals surface area contributed by atoms with Gasteiger partial charge in [0.25, 0.3) is 5.91 Å². The lowest BCUT2D eigenvalue weighted by Gasteiger charge is -2.26. The van der Waals surface area contributed by atoms with Crippen LogP contribution in [0.15, 0.2) is 24.3 Å². The van der Waals surface area contributed by atoms with Crippen molar-refractivity contribution in [2.75, 3.05) is 6.54 Å². The van der Waals surface area contributed by atoms with E-state index in [2.05, 4.69) is 5.32 Å². The van der Waals surface area contributed by atoms with Gasteiger partial charge in [-0.3, -0.25) is 9.59 Å². The second kappa shape index (κ2) is 7.94. The van der Waals surface area contributed by atoms with Gasteiger partial charge in [0.05, 0.1) is 12.5 Å². The number of carbonyl (C=O) groups is 2. The molecule has 1 aromatic rings. The van der Waals surface area contributed by atoms with Crippen molar-refractivity contribution < 1.29 is 19.8 Å². The lowest BCUT2D eigenvalue weighted by molar-refractivity contribution is -0.136. The molecule has 5 heteroatoms. The maximum atomic E-state index is 11.8. The highest BCUT2D eigenvalue weighted by Crippen LogP contribution is 2.34. The molecule has 1 aromatic carbocycles. The first-order valence-corrected chi connectivity index (χ1v) is 7.86. The van der Waals surface area contributed by atoms with Crippen LogP contribution in [-0.2, 0) is 4.79 Å². The summed E-state index contributed by atoms with van der Waals surface area (Å²) in [5, 5.41) is 21.5. The van der Waals surface area contributed by atoms with E-state index < -0.39 is 12.1 Å². The standard InChI is InChI=1S/C17H23NO4/c19-15(20)10-11-18-17(22)14-8-6-13(7-9-14)16(21)12-4-2-1-3-5-12/h6-9,12,16,21H,1-5,10-11H2,(H,18,22)(H,19,20). The summed E-state index contributed by atoms with van der Waals surface area (Å²) in [5.74, 6) is -0.921. The molecule has 0 radical (unpaired) electrons. The van der Waals surface area contributed by atoms with Crippen LogP contribution < -0.4 is 5.32 Å². The van der Waals surface area contributed by atoms with Gasteiger partial charge in [-0.25, -0.2) is 0 Å². The molecule has 0 spiro atoms. The van der Waals surface area contributed by atoms with E-state index in [0.717, 1.165) is 18.4 Å². The van der Waals surface area contributed by atoms with E-state index in [4.69, 9.17) is 5.11 Å². The summed E-state index contributed by atoms with van der Waals surface area (Å²) in [6.45, 7) is 0.112. The van der Waals surface area contributed by atoms with E-state index in [-0.39, 0.29) is 18.9 Å². The average Bonchev–Trinajstić information content (AvgIpc) is 2.54. The van der Waals surface area contributed by atoms with Gasteiger partial charge >= 0.3 is 5.97 Å². The first-order chi connectivity index (χ1) is 10.6. The molecule has 2 rings (SSSR count). The third-order valence-corrected chi connectivity index (χ3v) is 4.24. The molecule has 1 fully saturated rings. The topological polar surface area (TPSA) is 86.6 Å². The molecular weight excluding hydrogens is 282 g/mol. The van der Waals surface area contributed by atoms with Crippen LogP contribution in [0.4, 0.5) is 0 Å². The monoisotopic (exact) mass is 305 g/mol. The van der Waals surface area contributed by atoms with Crippen molar-refractivity contribution in [2.24, 2.45) is 5.92 Å². The van der Waals surface area contributed by atoms with Crippen molar-refractivity contribution in [1.29, 1.82) is 0 Å². The number of aliphatic hydroxyl groups is 1. The zero-order chi connectivity index (χ0) is 15.9. The number of amides is 1. The van der Waals surface area contributed by atoms with Gasteiger partial charge < -0.3 is 15.5 Å². The number of carboxylic acids is 1. The molecule has 5 nitrogen and oxygen atoms in total. The minimum atomic E-state index is -0.939. The maximum absolute atomic E-state index is 11.8. The van der Waals surface area contributed by atoms with Gasteiger partial charge in [0.1, 0.15) is 0 Å². The smallest absolute Gasteiger partial charge is 0.305 e. The summed E-state index contributed by atoms with van der Waals surface area (Å²) in [6.07, 6.45) is 5.14. The second-order valence-electron chi connectivity index (χ2n) is 5.86. The Morgan fingerprint density at radius 3 is 2.36 bits per heavy atom. The fourth-order valence-electron chi connectivity index (χ4n) is 2.94. The molecule has 1 unspecified atom stereocenters. The highest BCUT2D eigenvalue weighted by molar-refractivity contribution is 5.94. The van der Waals surface area contributed by atoms with E-state index >= 15 is 0 Å². The van der Waals surface area contributed by atoms with Gasteiger partial charge in [-0.15, -0.1) is 0 Å². The summed E-state index contributed by atoms with van der Waals surface area (Å²) in [5.41, 5.74) is 1.32. The molecule has 0 aliphatic heterocycles. The van der Waals surface area contributed by atoms with Crippen molar-refractivity contribution in [3.8, 4) is 0 Å². The molecular formula is C17H23NO4. The fourth-order valence-corrected chi connectivity index (χ4v) is 2.94. The second-order valence-corrected chi connectivity index (χ2v) is 5.86. The molecule has 3 N–H and O–H groups in total. The molecule has 0 aromatic heterocycles. The molecule has 0 heterocycles. The Morgan fingerprint density at radius 1 is 1.14 bits per heavy atom. The zero-order valence-corrected chi connectivity index (χ0v) is 12.6. The largest absolute Gasteiger partial charge is 0.481 e. The van der Waals surface area contributed by atoms with Crippen LogP contribution in [-0.4, -0.2) is 28.6 Å². The van der Waals surface area contributed by atoms with Crippen LogP contribution in [0.3, 0.4) is 0 Å². The number of carbonyl (C=O) groups excluding carboxylic acids is 1. The third-order valence-electron chi connectivity index (χ3n) is 4.24. The number of aliphatic hydroxyl groups excluding tert-OH is 1. The SMILES string of the molecule is O=C(O)CCNC(=O)c1ccc(C(O)C2CCCCC2)cc1. The lowest BCUT2D eigenvalue weighted by atomic mass is 9.82. The number of rotatable bonds is 6. The number of carboxylic acid groups (broad SMARTS) is 1. The Labute approximate surface area is 130 Å². The van der Waals surface area contributed by atoms with Gasteiger partial charge in [0.2, 0.25) is 0 Å². The number of nitrogens with one attached hydrogen (secondary N) is 1.